The van der Waals surface area contributed by atoms with Crippen molar-refractivity contribution < 1.29 is 19.0 Å². The zero-order chi connectivity index (χ0) is 22.2. The van der Waals surface area contributed by atoms with Gasteiger partial charge in [-0.15, -0.1) is 11.3 Å². The van der Waals surface area contributed by atoms with E-state index in [1.54, 1.807) is 18.2 Å². The lowest BCUT2D eigenvalue weighted by molar-refractivity contribution is -0.271. The molecule has 2 aromatic carbocycles. The fourth-order valence-electron chi connectivity index (χ4n) is 4.60. The molecule has 0 fully saturated rings. The average molecular weight is 467 g/mol. The van der Waals surface area contributed by atoms with Crippen molar-refractivity contribution in [2.45, 2.75) is 31.2 Å². The van der Waals surface area contributed by atoms with Crippen LogP contribution in [0.5, 0.6) is 5.75 Å². The minimum Gasteiger partial charge on any atom is -0.452 e. The maximum Gasteiger partial charge on any atom is 0.287 e. The number of ether oxygens (including phenoxy) is 3. The summed E-state index contributed by atoms with van der Waals surface area (Å²) in [5.74, 6) is -1.16. The first kappa shape index (κ1) is 21.4. The number of carbonyl (C=O) groups excluding carboxylic acids is 1. The third kappa shape index (κ3) is 3.23. The number of halogens is 1. The summed E-state index contributed by atoms with van der Waals surface area (Å²) >= 11 is 7.73. The first-order valence-corrected chi connectivity index (χ1v) is 11.9. The smallest absolute Gasteiger partial charge is 0.287 e. The number of rotatable bonds is 6. The van der Waals surface area contributed by atoms with Crippen LogP contribution in [0.15, 0.2) is 77.7 Å². The van der Waals surface area contributed by atoms with Crippen LogP contribution in [0.2, 0.25) is 5.02 Å². The van der Waals surface area contributed by atoms with Gasteiger partial charge in [0.05, 0.1) is 23.7 Å². The van der Waals surface area contributed by atoms with Crippen LogP contribution in [0.3, 0.4) is 0 Å². The Hall–Kier alpha value is -2.44. The van der Waals surface area contributed by atoms with Gasteiger partial charge in [0.15, 0.2) is 0 Å². The summed E-state index contributed by atoms with van der Waals surface area (Å²) in [4.78, 5) is 14.9. The summed E-state index contributed by atoms with van der Waals surface area (Å²) in [6, 6.07) is 19.1. The highest BCUT2D eigenvalue weighted by Crippen LogP contribution is 2.55. The number of benzene rings is 2. The van der Waals surface area contributed by atoms with Crippen LogP contribution in [0.4, 0.5) is 0 Å². The molecule has 0 bridgehead atoms. The van der Waals surface area contributed by atoms with Gasteiger partial charge in [-0.1, -0.05) is 61.0 Å². The van der Waals surface area contributed by atoms with Crippen molar-refractivity contribution in [2.75, 3.05) is 13.2 Å². The summed E-state index contributed by atoms with van der Waals surface area (Å²) < 4.78 is 19.6. The van der Waals surface area contributed by atoms with E-state index in [2.05, 4.69) is 12.1 Å². The molecule has 0 N–H and O–H groups in total. The highest BCUT2D eigenvalue weighted by atomic mass is 35.5. The molecular formula is C26H23ClO4S. The van der Waals surface area contributed by atoms with Crippen molar-refractivity contribution in [1.29, 1.82) is 0 Å². The van der Waals surface area contributed by atoms with Crippen LogP contribution in [-0.4, -0.2) is 24.6 Å². The fourth-order valence-corrected chi connectivity index (χ4v) is 5.63. The fraction of sp³-hybridized carbons (Fsp3) is 0.269. The lowest BCUT2D eigenvalue weighted by Gasteiger charge is -2.49. The molecule has 2 aliphatic heterocycles. The Bertz CT molecular complexity index is 1160. The SMILES string of the molecule is CCC1=CCO[C@@]12C(=O)c1cc(Cl)ccc1O[C@@]2(OCCc1ccccc1)c1cccs1. The molecule has 3 aromatic rings. The largest absolute Gasteiger partial charge is 0.452 e. The van der Waals surface area contributed by atoms with E-state index in [-0.39, 0.29) is 5.78 Å². The van der Waals surface area contributed by atoms with Crippen molar-refractivity contribution in [3.8, 4) is 5.75 Å². The van der Waals surface area contributed by atoms with Gasteiger partial charge < -0.3 is 14.2 Å². The zero-order valence-corrected chi connectivity index (χ0v) is 19.2. The minimum absolute atomic E-state index is 0.181. The minimum atomic E-state index is -1.42. The van der Waals surface area contributed by atoms with Crippen LogP contribution in [-0.2, 0) is 21.7 Å². The molecular weight excluding hydrogens is 444 g/mol. The van der Waals surface area contributed by atoms with Crippen LogP contribution < -0.4 is 4.74 Å². The van der Waals surface area contributed by atoms with Gasteiger partial charge in [0, 0.05) is 5.02 Å². The summed E-state index contributed by atoms with van der Waals surface area (Å²) in [7, 11) is 0. The van der Waals surface area contributed by atoms with Crippen molar-refractivity contribution in [3.63, 3.8) is 0 Å². The molecule has 1 aromatic heterocycles. The van der Waals surface area contributed by atoms with E-state index in [1.165, 1.54) is 11.3 Å². The molecule has 4 nitrogen and oxygen atoms in total. The Morgan fingerprint density at radius 1 is 1.12 bits per heavy atom. The Morgan fingerprint density at radius 2 is 1.97 bits per heavy atom. The molecule has 0 unspecified atom stereocenters. The van der Waals surface area contributed by atoms with Gasteiger partial charge >= 0.3 is 0 Å². The standard InChI is InChI=1S/C26H23ClO4S/c1-2-19-13-15-29-25(19)24(28)21-17-20(27)10-11-22(21)31-26(25,23-9-6-16-32-23)30-14-12-18-7-4-3-5-8-18/h3-11,13,16-17H,2,12,14-15H2,1H3/t25-,26+/m1/s1. The van der Waals surface area contributed by atoms with E-state index in [4.69, 9.17) is 25.8 Å². The number of hydrogen-bond acceptors (Lipinski definition) is 5. The van der Waals surface area contributed by atoms with Gasteiger partial charge in [0.25, 0.3) is 5.79 Å². The third-order valence-corrected chi connectivity index (χ3v) is 7.26. The zero-order valence-electron chi connectivity index (χ0n) is 17.7. The second kappa shape index (κ2) is 8.49. The topological polar surface area (TPSA) is 44.8 Å². The number of Topliss-reactive ketones (excluding diaryl/α,β-unsaturated/α-hetero) is 1. The van der Waals surface area contributed by atoms with Crippen molar-refractivity contribution in [2.24, 2.45) is 0 Å². The molecule has 32 heavy (non-hydrogen) atoms. The van der Waals surface area contributed by atoms with Gasteiger partial charge in [0.1, 0.15) is 5.75 Å². The number of hydrogen-bond donors (Lipinski definition) is 0. The van der Waals surface area contributed by atoms with E-state index in [0.717, 1.165) is 16.0 Å². The van der Waals surface area contributed by atoms with Gasteiger partial charge in [0.2, 0.25) is 11.4 Å². The number of fused-ring (bicyclic) bond motifs is 1. The number of ketones is 1. The normalized spacial score (nSPS) is 24.3. The molecule has 3 heterocycles. The van der Waals surface area contributed by atoms with Gasteiger partial charge in [-0.05, 0) is 53.6 Å². The molecule has 2 atom stereocenters. The highest BCUT2D eigenvalue weighted by Gasteiger charge is 2.68. The third-order valence-electron chi connectivity index (χ3n) is 6.07. The molecule has 164 valence electrons. The maximum absolute atomic E-state index is 14.1. The summed E-state index contributed by atoms with van der Waals surface area (Å²) in [5, 5.41) is 2.44. The van der Waals surface area contributed by atoms with E-state index in [9.17, 15) is 4.79 Å². The molecule has 0 aliphatic carbocycles. The molecule has 0 saturated heterocycles. The van der Waals surface area contributed by atoms with Crippen LogP contribution >= 0.6 is 22.9 Å². The molecule has 6 heteroatoms. The summed E-state index contributed by atoms with van der Waals surface area (Å²) in [6.07, 6.45) is 3.29. The van der Waals surface area contributed by atoms with E-state index in [1.807, 2.05) is 48.7 Å². The van der Waals surface area contributed by atoms with Crippen molar-refractivity contribution in [3.05, 3.63) is 98.7 Å². The van der Waals surface area contributed by atoms with Crippen LogP contribution in [0, 0.1) is 0 Å². The van der Waals surface area contributed by atoms with Crippen LogP contribution in [0.25, 0.3) is 0 Å². The van der Waals surface area contributed by atoms with Crippen LogP contribution in [0.1, 0.15) is 34.1 Å². The van der Waals surface area contributed by atoms with Gasteiger partial charge in [-0.3, -0.25) is 4.79 Å². The summed E-state index contributed by atoms with van der Waals surface area (Å²) in [6.45, 7) is 2.70. The number of carbonyl (C=O) groups is 1. The molecule has 0 radical (unpaired) electrons. The predicted molar refractivity (Wildman–Crippen MR) is 126 cm³/mol. The molecule has 1 spiro atoms. The quantitative estimate of drug-likeness (QED) is 0.406. The second-order valence-corrected chi connectivity index (χ2v) is 9.21. The Morgan fingerprint density at radius 3 is 2.72 bits per heavy atom. The Balaban J connectivity index is 1.65. The first-order valence-electron chi connectivity index (χ1n) is 10.7. The van der Waals surface area contributed by atoms with E-state index < -0.39 is 11.4 Å². The van der Waals surface area contributed by atoms with E-state index in [0.29, 0.717) is 42.4 Å². The molecule has 2 aliphatic rings. The van der Waals surface area contributed by atoms with Crippen molar-refractivity contribution >= 4 is 28.7 Å². The predicted octanol–water partition coefficient (Wildman–Crippen LogP) is 6.19. The second-order valence-electron chi connectivity index (χ2n) is 7.82. The lowest BCUT2D eigenvalue weighted by atomic mass is 9.75. The van der Waals surface area contributed by atoms with Gasteiger partial charge in [-0.2, -0.15) is 0 Å². The first-order chi connectivity index (χ1) is 15.6. The number of thiophene rings is 1. The summed E-state index contributed by atoms with van der Waals surface area (Å²) in [5.41, 5.74) is 1.02. The van der Waals surface area contributed by atoms with E-state index >= 15 is 0 Å². The monoisotopic (exact) mass is 466 g/mol. The molecule has 0 saturated carbocycles. The lowest BCUT2D eigenvalue weighted by Crippen LogP contribution is -2.65. The van der Waals surface area contributed by atoms with Gasteiger partial charge in [-0.25, -0.2) is 0 Å². The van der Waals surface area contributed by atoms with Crippen molar-refractivity contribution in [1.82, 2.24) is 0 Å². The molecule has 5 rings (SSSR count). The maximum atomic E-state index is 14.1. The molecule has 0 amide bonds. The average Bonchev–Trinajstić information content (AvgIpc) is 3.50. The highest BCUT2D eigenvalue weighted by molar-refractivity contribution is 7.10. The Kier molecular flexibility index (Phi) is 5.68. The Labute approximate surface area is 196 Å².